The van der Waals surface area contributed by atoms with Crippen molar-refractivity contribution in [2.24, 2.45) is 0 Å². The lowest BCUT2D eigenvalue weighted by molar-refractivity contribution is 0.346. The van der Waals surface area contributed by atoms with Crippen molar-refractivity contribution in [1.82, 2.24) is 9.62 Å². The Kier molecular flexibility index (Phi) is 4.54. The van der Waals surface area contributed by atoms with Crippen LogP contribution in [0.2, 0.25) is 0 Å². The second kappa shape index (κ2) is 5.98. The lowest BCUT2D eigenvalue weighted by Gasteiger charge is -2.26. The van der Waals surface area contributed by atoms with Crippen LogP contribution in [0.15, 0.2) is 23.1 Å². The minimum Gasteiger partial charge on any atom is -0.316 e. The highest BCUT2D eigenvalue weighted by atomic mass is 32.2. The number of hydrogen-bond acceptors (Lipinski definition) is 3. The number of nitrogens with one attached hydrogen (secondary N) is 1. The van der Waals surface area contributed by atoms with Crippen LogP contribution >= 0.6 is 0 Å². The van der Waals surface area contributed by atoms with Crippen molar-refractivity contribution >= 4 is 10.0 Å². The Bertz CT molecular complexity index is 540. The summed E-state index contributed by atoms with van der Waals surface area (Å²) in [6, 6.07) is 3.95. The average molecular weight is 286 g/mol. The third-order valence-electron chi connectivity index (χ3n) is 3.33. The van der Waals surface area contributed by atoms with Crippen LogP contribution in [0, 0.1) is 5.82 Å². The van der Waals surface area contributed by atoms with Gasteiger partial charge in [-0.3, -0.25) is 0 Å². The minimum atomic E-state index is -3.58. The first-order valence-electron chi connectivity index (χ1n) is 6.49. The summed E-state index contributed by atoms with van der Waals surface area (Å²) in [5.74, 6) is -0.518. The topological polar surface area (TPSA) is 49.4 Å². The highest BCUT2D eigenvalue weighted by Gasteiger charge is 2.28. The van der Waals surface area contributed by atoms with Gasteiger partial charge in [-0.15, -0.1) is 0 Å². The molecule has 0 aromatic heterocycles. The maximum atomic E-state index is 13.4. The van der Waals surface area contributed by atoms with Gasteiger partial charge in [-0.25, -0.2) is 12.8 Å². The molecule has 0 atom stereocenters. The Labute approximate surface area is 113 Å². The maximum absolute atomic E-state index is 13.4. The Balaban J connectivity index is 2.40. The number of hydrogen-bond donors (Lipinski definition) is 1. The zero-order valence-corrected chi connectivity index (χ0v) is 11.8. The van der Waals surface area contributed by atoms with E-state index in [0.717, 1.165) is 25.3 Å². The summed E-state index contributed by atoms with van der Waals surface area (Å²) < 4.78 is 40.0. The van der Waals surface area contributed by atoms with Crippen LogP contribution in [0.1, 0.15) is 24.8 Å². The molecule has 19 heavy (non-hydrogen) atoms. The first kappa shape index (κ1) is 14.4. The van der Waals surface area contributed by atoms with Gasteiger partial charge in [0, 0.05) is 19.6 Å². The normalized spacial score (nSPS) is 17.6. The van der Waals surface area contributed by atoms with Gasteiger partial charge in [0.05, 0.1) is 4.90 Å². The largest absolute Gasteiger partial charge is 0.316 e. The Hall–Kier alpha value is -0.980. The monoisotopic (exact) mass is 286 g/mol. The summed E-state index contributed by atoms with van der Waals surface area (Å²) in [6.07, 6.45) is 2.80. The van der Waals surface area contributed by atoms with E-state index in [9.17, 15) is 12.8 Å². The molecule has 4 nitrogen and oxygen atoms in total. The second-order valence-corrected chi connectivity index (χ2v) is 6.65. The lowest BCUT2D eigenvalue weighted by atomic mass is 10.2. The number of sulfonamides is 1. The molecule has 6 heteroatoms. The number of rotatable bonds is 4. The Morgan fingerprint density at radius 1 is 1.26 bits per heavy atom. The standard InChI is InChI=1S/C13H19FN2O2S/c1-15-10-11-5-6-12(14)9-13(11)19(17,18)16-7-3-2-4-8-16/h5-6,9,15H,2-4,7-8,10H2,1H3. The fourth-order valence-electron chi connectivity index (χ4n) is 2.35. The van der Waals surface area contributed by atoms with Crippen LogP contribution in [-0.2, 0) is 16.6 Å². The van der Waals surface area contributed by atoms with Gasteiger partial charge in [-0.1, -0.05) is 12.5 Å². The molecule has 0 amide bonds. The number of halogens is 1. The van der Waals surface area contributed by atoms with Crippen molar-refractivity contribution in [3.05, 3.63) is 29.6 Å². The molecule has 0 saturated carbocycles. The lowest BCUT2D eigenvalue weighted by Crippen LogP contribution is -2.36. The predicted octanol–water partition coefficient (Wildman–Crippen LogP) is 1.72. The number of piperidine rings is 1. The summed E-state index contributed by atoms with van der Waals surface area (Å²) >= 11 is 0. The molecule has 2 rings (SSSR count). The summed E-state index contributed by atoms with van der Waals surface area (Å²) in [6.45, 7) is 1.46. The predicted molar refractivity (Wildman–Crippen MR) is 71.8 cm³/mol. The molecule has 1 heterocycles. The van der Waals surface area contributed by atoms with Crippen molar-refractivity contribution in [3.63, 3.8) is 0 Å². The molecule has 1 aliphatic heterocycles. The van der Waals surface area contributed by atoms with Crippen LogP contribution in [0.4, 0.5) is 4.39 Å². The Morgan fingerprint density at radius 3 is 2.58 bits per heavy atom. The van der Waals surface area contributed by atoms with Crippen LogP contribution in [0.3, 0.4) is 0 Å². The van der Waals surface area contributed by atoms with E-state index in [2.05, 4.69) is 5.32 Å². The van der Waals surface area contributed by atoms with Crippen LogP contribution in [0.5, 0.6) is 0 Å². The van der Waals surface area contributed by atoms with E-state index in [1.165, 1.54) is 16.4 Å². The molecular weight excluding hydrogens is 267 g/mol. The van der Waals surface area contributed by atoms with E-state index < -0.39 is 15.8 Å². The van der Waals surface area contributed by atoms with Gasteiger partial charge in [0.1, 0.15) is 5.82 Å². The second-order valence-electron chi connectivity index (χ2n) is 4.75. The molecule has 1 aromatic carbocycles. The molecule has 0 bridgehead atoms. The van der Waals surface area contributed by atoms with Crippen LogP contribution in [-0.4, -0.2) is 32.9 Å². The van der Waals surface area contributed by atoms with Gasteiger partial charge in [0.15, 0.2) is 0 Å². The summed E-state index contributed by atoms with van der Waals surface area (Å²) in [5.41, 5.74) is 0.606. The third-order valence-corrected chi connectivity index (χ3v) is 5.31. The third kappa shape index (κ3) is 3.13. The van der Waals surface area contributed by atoms with E-state index in [-0.39, 0.29) is 4.90 Å². The summed E-state index contributed by atoms with van der Waals surface area (Å²) in [4.78, 5) is 0.0868. The molecule has 1 saturated heterocycles. The van der Waals surface area contributed by atoms with E-state index in [4.69, 9.17) is 0 Å². The molecular formula is C13H19FN2O2S. The first-order valence-corrected chi connectivity index (χ1v) is 7.93. The average Bonchev–Trinajstić information content (AvgIpc) is 2.42. The number of benzene rings is 1. The van der Waals surface area contributed by atoms with Gasteiger partial charge in [-0.05, 0) is 37.6 Å². The fraction of sp³-hybridized carbons (Fsp3) is 0.538. The highest BCUT2D eigenvalue weighted by Crippen LogP contribution is 2.24. The van der Waals surface area contributed by atoms with Crippen LogP contribution in [0.25, 0.3) is 0 Å². The van der Waals surface area contributed by atoms with Gasteiger partial charge < -0.3 is 5.32 Å². The van der Waals surface area contributed by atoms with E-state index in [1.807, 2.05) is 0 Å². The molecule has 0 aliphatic carbocycles. The van der Waals surface area contributed by atoms with Gasteiger partial charge in [0.2, 0.25) is 10.0 Å². The quantitative estimate of drug-likeness (QED) is 0.917. The van der Waals surface area contributed by atoms with Crippen molar-refractivity contribution < 1.29 is 12.8 Å². The zero-order chi connectivity index (χ0) is 13.9. The summed E-state index contributed by atoms with van der Waals surface area (Å²) in [5, 5.41) is 2.91. The van der Waals surface area contributed by atoms with Crippen molar-refractivity contribution in [3.8, 4) is 0 Å². The van der Waals surface area contributed by atoms with Crippen LogP contribution < -0.4 is 5.32 Å². The van der Waals surface area contributed by atoms with E-state index in [0.29, 0.717) is 25.2 Å². The smallest absolute Gasteiger partial charge is 0.243 e. The van der Waals surface area contributed by atoms with Gasteiger partial charge in [0.25, 0.3) is 0 Å². The van der Waals surface area contributed by atoms with Crippen molar-refractivity contribution in [2.75, 3.05) is 20.1 Å². The SMILES string of the molecule is CNCc1ccc(F)cc1S(=O)(=O)N1CCCCC1. The molecule has 0 spiro atoms. The van der Waals surface area contributed by atoms with Crippen molar-refractivity contribution in [1.29, 1.82) is 0 Å². The van der Waals surface area contributed by atoms with E-state index in [1.54, 1.807) is 7.05 Å². The summed E-state index contributed by atoms with van der Waals surface area (Å²) in [7, 11) is -1.85. The molecule has 0 unspecified atom stereocenters. The molecule has 0 radical (unpaired) electrons. The first-order chi connectivity index (χ1) is 9.05. The molecule has 1 aromatic rings. The van der Waals surface area contributed by atoms with E-state index >= 15 is 0 Å². The van der Waals surface area contributed by atoms with Gasteiger partial charge >= 0.3 is 0 Å². The maximum Gasteiger partial charge on any atom is 0.243 e. The zero-order valence-electron chi connectivity index (χ0n) is 11.0. The fourth-order valence-corrected chi connectivity index (χ4v) is 4.10. The highest BCUT2D eigenvalue weighted by molar-refractivity contribution is 7.89. The Morgan fingerprint density at radius 2 is 1.95 bits per heavy atom. The molecule has 1 aliphatic rings. The molecule has 1 fully saturated rings. The molecule has 106 valence electrons. The number of nitrogens with zero attached hydrogens (tertiary/aromatic N) is 1. The van der Waals surface area contributed by atoms with Crippen molar-refractivity contribution in [2.45, 2.75) is 30.7 Å². The van der Waals surface area contributed by atoms with Gasteiger partial charge in [-0.2, -0.15) is 4.31 Å². The molecule has 1 N–H and O–H groups in total. The minimum absolute atomic E-state index is 0.0868.